The van der Waals surface area contributed by atoms with Gasteiger partial charge < -0.3 is 4.74 Å². The zero-order chi connectivity index (χ0) is 20.3. The van der Waals surface area contributed by atoms with E-state index in [0.717, 1.165) is 28.8 Å². The molecule has 7 nitrogen and oxygen atoms in total. The first-order valence-corrected chi connectivity index (χ1v) is 10.8. The molecule has 1 N–H and O–H groups in total. The van der Waals surface area contributed by atoms with Crippen molar-refractivity contribution in [2.75, 3.05) is 17.6 Å². The predicted molar refractivity (Wildman–Crippen MR) is 109 cm³/mol. The van der Waals surface area contributed by atoms with Gasteiger partial charge in [0, 0.05) is 19.0 Å². The number of sulfonamides is 1. The molecule has 148 valence electrons. The van der Waals surface area contributed by atoms with Gasteiger partial charge in [-0.1, -0.05) is 24.3 Å². The number of nitrogens with zero attached hydrogens (tertiary/aromatic N) is 2. The summed E-state index contributed by atoms with van der Waals surface area (Å²) in [5.41, 5.74) is 2.92. The number of hydrogen-bond donors (Lipinski definition) is 1. The first kappa shape index (κ1) is 19.9. The van der Waals surface area contributed by atoms with Crippen LogP contribution in [-0.2, 0) is 14.8 Å². The second kappa shape index (κ2) is 8.02. The van der Waals surface area contributed by atoms with E-state index in [4.69, 9.17) is 4.74 Å². The summed E-state index contributed by atoms with van der Waals surface area (Å²) in [4.78, 5) is 12.1. The van der Waals surface area contributed by atoms with Gasteiger partial charge in [-0.15, -0.1) is 0 Å². The number of anilines is 1. The number of hydrogen-bond acceptors (Lipinski definition) is 5. The van der Waals surface area contributed by atoms with Crippen LogP contribution in [0.15, 0.2) is 53.6 Å². The molecule has 8 heteroatoms. The molecular weight excluding hydrogens is 378 g/mol. The van der Waals surface area contributed by atoms with Crippen LogP contribution in [0.1, 0.15) is 37.4 Å². The van der Waals surface area contributed by atoms with Crippen molar-refractivity contribution in [3.63, 3.8) is 0 Å². The van der Waals surface area contributed by atoms with Crippen LogP contribution in [0.5, 0.6) is 5.75 Å². The molecule has 0 bridgehead atoms. The molecule has 1 heterocycles. The Morgan fingerprint density at radius 1 is 1.25 bits per heavy atom. The Bertz CT molecular complexity index is 1000. The molecule has 0 saturated heterocycles. The van der Waals surface area contributed by atoms with E-state index in [-0.39, 0.29) is 11.9 Å². The quantitative estimate of drug-likeness (QED) is 0.805. The summed E-state index contributed by atoms with van der Waals surface area (Å²) in [7, 11) is -3.37. The molecule has 0 radical (unpaired) electrons. The Kier molecular flexibility index (Phi) is 5.69. The molecule has 1 atom stereocenters. The van der Waals surface area contributed by atoms with Crippen LogP contribution in [0.4, 0.5) is 5.69 Å². The maximum Gasteiger partial charge on any atom is 0.240 e. The van der Waals surface area contributed by atoms with E-state index in [0.29, 0.717) is 18.7 Å². The predicted octanol–water partition coefficient (Wildman–Crippen LogP) is 3.15. The van der Waals surface area contributed by atoms with Gasteiger partial charge in [0.15, 0.2) is 0 Å². The molecule has 0 saturated carbocycles. The van der Waals surface area contributed by atoms with Crippen molar-refractivity contribution in [3.8, 4) is 5.75 Å². The Hall–Kier alpha value is -2.87. The minimum absolute atomic E-state index is 0.153. The molecule has 1 aliphatic heterocycles. The number of rotatable bonds is 6. The Labute approximate surface area is 165 Å². The van der Waals surface area contributed by atoms with Crippen LogP contribution in [0.2, 0.25) is 0 Å². The average molecular weight is 401 g/mol. The fourth-order valence-corrected chi connectivity index (χ4v) is 3.72. The van der Waals surface area contributed by atoms with Crippen LogP contribution in [0.3, 0.4) is 0 Å². The number of nitrogens with one attached hydrogen (secondary N) is 1. The number of hydrazone groups is 1. The summed E-state index contributed by atoms with van der Waals surface area (Å²) in [5, 5.41) is 5.98. The SMILES string of the molecule is CCOc1ccc(C2CC(c3cccc(NS(C)(=O)=O)c3)=NN2C(C)=O)cc1. The van der Waals surface area contributed by atoms with Gasteiger partial charge >= 0.3 is 0 Å². The highest BCUT2D eigenvalue weighted by molar-refractivity contribution is 7.92. The standard InChI is InChI=1S/C20H23N3O4S/c1-4-27-18-10-8-15(9-11-18)20-13-19(21-23(20)14(2)24)16-6-5-7-17(12-16)22-28(3,25)26/h5-12,20,22H,4,13H2,1-3H3. The summed E-state index contributed by atoms with van der Waals surface area (Å²) in [6, 6.07) is 14.4. The number of carbonyl (C=O) groups is 1. The highest BCUT2D eigenvalue weighted by Gasteiger charge is 2.31. The van der Waals surface area contributed by atoms with Crippen LogP contribution >= 0.6 is 0 Å². The second-order valence-corrected chi connectivity index (χ2v) is 8.34. The molecule has 2 aromatic carbocycles. The first-order chi connectivity index (χ1) is 13.3. The minimum atomic E-state index is -3.37. The molecule has 0 aromatic heterocycles. The lowest BCUT2D eigenvalue weighted by Crippen LogP contribution is -2.24. The smallest absolute Gasteiger partial charge is 0.240 e. The summed E-state index contributed by atoms with van der Waals surface area (Å²) < 4.78 is 30.9. The molecule has 0 aliphatic carbocycles. The van der Waals surface area contributed by atoms with Crippen molar-refractivity contribution >= 4 is 27.3 Å². The van der Waals surface area contributed by atoms with Crippen molar-refractivity contribution in [2.24, 2.45) is 5.10 Å². The van der Waals surface area contributed by atoms with Crippen molar-refractivity contribution < 1.29 is 17.9 Å². The topological polar surface area (TPSA) is 88.1 Å². The number of amides is 1. The summed E-state index contributed by atoms with van der Waals surface area (Å²) in [6.45, 7) is 4.00. The van der Waals surface area contributed by atoms with Gasteiger partial charge in [-0.3, -0.25) is 9.52 Å². The lowest BCUT2D eigenvalue weighted by atomic mass is 9.98. The summed E-state index contributed by atoms with van der Waals surface area (Å²) in [6.07, 6.45) is 1.64. The third-order valence-electron chi connectivity index (χ3n) is 4.31. The highest BCUT2D eigenvalue weighted by Crippen LogP contribution is 2.34. The van der Waals surface area contributed by atoms with Gasteiger partial charge in [0.05, 0.1) is 24.6 Å². The third-order valence-corrected chi connectivity index (χ3v) is 4.91. The fraction of sp³-hybridized carbons (Fsp3) is 0.300. The maximum atomic E-state index is 12.1. The van der Waals surface area contributed by atoms with Crippen molar-refractivity contribution in [3.05, 3.63) is 59.7 Å². The molecule has 2 aromatic rings. The Morgan fingerprint density at radius 2 is 1.96 bits per heavy atom. The number of carbonyl (C=O) groups excluding carboxylic acids is 1. The zero-order valence-electron chi connectivity index (χ0n) is 16.0. The summed E-state index contributed by atoms with van der Waals surface area (Å²) in [5.74, 6) is 0.624. The molecule has 1 unspecified atom stereocenters. The van der Waals surface area contributed by atoms with Crippen LogP contribution in [0.25, 0.3) is 0 Å². The molecule has 0 fully saturated rings. The summed E-state index contributed by atoms with van der Waals surface area (Å²) >= 11 is 0. The number of ether oxygens (including phenoxy) is 1. The van der Waals surface area contributed by atoms with Crippen molar-refractivity contribution in [2.45, 2.75) is 26.3 Å². The normalized spacial score (nSPS) is 16.6. The Balaban J connectivity index is 1.87. The molecular formula is C20H23N3O4S. The first-order valence-electron chi connectivity index (χ1n) is 8.95. The van der Waals surface area contributed by atoms with E-state index < -0.39 is 10.0 Å². The molecule has 28 heavy (non-hydrogen) atoms. The maximum absolute atomic E-state index is 12.1. The second-order valence-electron chi connectivity index (χ2n) is 6.59. The lowest BCUT2D eigenvalue weighted by Gasteiger charge is -2.20. The molecule has 3 rings (SSSR count). The largest absolute Gasteiger partial charge is 0.494 e. The van der Waals surface area contributed by atoms with Gasteiger partial charge in [-0.25, -0.2) is 13.4 Å². The van der Waals surface area contributed by atoms with E-state index >= 15 is 0 Å². The van der Waals surface area contributed by atoms with E-state index in [1.165, 1.54) is 11.9 Å². The Morgan fingerprint density at radius 3 is 2.57 bits per heavy atom. The average Bonchev–Trinajstić information content (AvgIpc) is 3.07. The third kappa shape index (κ3) is 4.69. The monoisotopic (exact) mass is 401 g/mol. The van der Waals surface area contributed by atoms with Gasteiger partial charge in [-0.05, 0) is 42.3 Å². The van der Waals surface area contributed by atoms with E-state index in [2.05, 4.69) is 9.82 Å². The van der Waals surface area contributed by atoms with E-state index in [9.17, 15) is 13.2 Å². The van der Waals surface area contributed by atoms with Gasteiger partial charge in [-0.2, -0.15) is 5.10 Å². The van der Waals surface area contributed by atoms with Crippen LogP contribution < -0.4 is 9.46 Å². The lowest BCUT2D eigenvalue weighted by molar-refractivity contribution is -0.130. The van der Waals surface area contributed by atoms with Crippen LogP contribution in [-0.4, -0.2) is 37.9 Å². The fourth-order valence-electron chi connectivity index (χ4n) is 3.16. The highest BCUT2D eigenvalue weighted by atomic mass is 32.2. The molecule has 0 spiro atoms. The minimum Gasteiger partial charge on any atom is -0.494 e. The van der Waals surface area contributed by atoms with Crippen molar-refractivity contribution in [1.29, 1.82) is 0 Å². The molecule has 1 aliphatic rings. The zero-order valence-corrected chi connectivity index (χ0v) is 16.9. The van der Waals surface area contributed by atoms with E-state index in [1.54, 1.807) is 18.2 Å². The number of benzene rings is 2. The van der Waals surface area contributed by atoms with Gasteiger partial charge in [0.25, 0.3) is 0 Å². The van der Waals surface area contributed by atoms with E-state index in [1.807, 2.05) is 37.3 Å². The van der Waals surface area contributed by atoms with Gasteiger partial charge in [0.2, 0.25) is 15.9 Å². The molecule has 1 amide bonds. The van der Waals surface area contributed by atoms with Crippen LogP contribution in [0, 0.1) is 0 Å². The van der Waals surface area contributed by atoms with Crippen molar-refractivity contribution in [1.82, 2.24) is 5.01 Å². The van der Waals surface area contributed by atoms with Gasteiger partial charge in [0.1, 0.15) is 5.75 Å².